The molecule has 8 heteroatoms. The van der Waals surface area contributed by atoms with Gasteiger partial charge in [-0.15, -0.1) is 0 Å². The summed E-state index contributed by atoms with van der Waals surface area (Å²) in [6.45, 7) is 1.69. The lowest BCUT2D eigenvalue weighted by Gasteiger charge is -2.32. The highest BCUT2D eigenvalue weighted by atomic mass is 19.4. The van der Waals surface area contributed by atoms with Crippen molar-refractivity contribution in [3.8, 4) is 0 Å². The zero-order chi connectivity index (χ0) is 19.8. The van der Waals surface area contributed by atoms with Crippen molar-refractivity contribution in [2.24, 2.45) is 5.73 Å². The van der Waals surface area contributed by atoms with Crippen molar-refractivity contribution in [2.75, 3.05) is 6.61 Å². The SMILES string of the molecule is CCOC(=O)C1=C(N)OC2=C(C(=O)CCC2)[C@@H]1c1ccc(C(F)(F)F)cc1. The van der Waals surface area contributed by atoms with E-state index in [-0.39, 0.29) is 35.8 Å². The molecule has 0 unspecified atom stereocenters. The van der Waals surface area contributed by atoms with Crippen molar-refractivity contribution in [3.63, 3.8) is 0 Å². The Kier molecular flexibility index (Phi) is 4.99. The molecule has 27 heavy (non-hydrogen) atoms. The molecular formula is C19H18F3NO4. The maximum absolute atomic E-state index is 12.9. The van der Waals surface area contributed by atoms with Crippen LogP contribution in [0.2, 0.25) is 0 Å². The Hall–Kier alpha value is -2.77. The minimum Gasteiger partial charge on any atom is -0.462 e. The van der Waals surface area contributed by atoms with Crippen LogP contribution >= 0.6 is 0 Å². The van der Waals surface area contributed by atoms with Crippen LogP contribution in [-0.2, 0) is 25.2 Å². The molecule has 1 heterocycles. The lowest BCUT2D eigenvalue weighted by Crippen LogP contribution is -2.31. The van der Waals surface area contributed by atoms with E-state index in [1.54, 1.807) is 6.92 Å². The Morgan fingerprint density at radius 3 is 2.52 bits per heavy atom. The van der Waals surface area contributed by atoms with Crippen LogP contribution in [0.1, 0.15) is 43.2 Å². The van der Waals surface area contributed by atoms with Crippen LogP contribution < -0.4 is 5.73 Å². The maximum Gasteiger partial charge on any atom is 0.416 e. The molecule has 3 rings (SSSR count). The fraction of sp³-hybridized carbons (Fsp3) is 0.368. The maximum atomic E-state index is 12.9. The normalized spacial score (nSPS) is 20.3. The summed E-state index contributed by atoms with van der Waals surface area (Å²) >= 11 is 0. The number of hydrogen-bond acceptors (Lipinski definition) is 5. The summed E-state index contributed by atoms with van der Waals surface area (Å²) in [5.74, 6) is -1.71. The van der Waals surface area contributed by atoms with Crippen LogP contribution in [0.15, 0.2) is 47.1 Å². The summed E-state index contributed by atoms with van der Waals surface area (Å²) in [4.78, 5) is 25.0. The molecule has 1 atom stereocenters. The fourth-order valence-corrected chi connectivity index (χ4v) is 3.36. The number of carbonyl (C=O) groups excluding carboxylic acids is 2. The van der Waals surface area contributed by atoms with Gasteiger partial charge in [0.15, 0.2) is 5.78 Å². The quantitative estimate of drug-likeness (QED) is 0.810. The zero-order valence-corrected chi connectivity index (χ0v) is 14.6. The highest BCUT2D eigenvalue weighted by molar-refractivity contribution is 6.03. The molecule has 0 saturated heterocycles. The van der Waals surface area contributed by atoms with Crippen molar-refractivity contribution >= 4 is 11.8 Å². The third kappa shape index (κ3) is 3.56. The third-order valence-corrected chi connectivity index (χ3v) is 4.55. The molecule has 0 fully saturated rings. The molecule has 0 amide bonds. The Balaban J connectivity index is 2.12. The molecule has 1 aliphatic heterocycles. The summed E-state index contributed by atoms with van der Waals surface area (Å²) in [5.41, 5.74) is 5.64. The summed E-state index contributed by atoms with van der Waals surface area (Å²) in [6.07, 6.45) is -3.16. The predicted octanol–water partition coefficient (Wildman–Crippen LogP) is 3.56. The minimum absolute atomic E-state index is 0.0643. The molecule has 0 bridgehead atoms. The number of rotatable bonds is 3. The van der Waals surface area contributed by atoms with E-state index in [1.807, 2.05) is 0 Å². The predicted molar refractivity (Wildman–Crippen MR) is 89.0 cm³/mol. The summed E-state index contributed by atoms with van der Waals surface area (Å²) < 4.78 is 49.2. The van der Waals surface area contributed by atoms with E-state index < -0.39 is 23.6 Å². The first-order valence-electron chi connectivity index (χ1n) is 8.52. The number of ether oxygens (including phenoxy) is 2. The summed E-state index contributed by atoms with van der Waals surface area (Å²) in [7, 11) is 0. The van der Waals surface area contributed by atoms with Crippen LogP contribution in [0.4, 0.5) is 13.2 Å². The Labute approximate surface area is 153 Å². The molecule has 144 valence electrons. The van der Waals surface area contributed by atoms with E-state index >= 15 is 0 Å². The van der Waals surface area contributed by atoms with Gasteiger partial charge >= 0.3 is 12.1 Å². The number of nitrogens with two attached hydrogens (primary N) is 1. The average Bonchev–Trinajstić information content (AvgIpc) is 2.60. The van der Waals surface area contributed by atoms with Crippen molar-refractivity contribution in [1.82, 2.24) is 0 Å². The van der Waals surface area contributed by atoms with Gasteiger partial charge < -0.3 is 15.2 Å². The molecule has 0 aromatic heterocycles. The van der Waals surface area contributed by atoms with Gasteiger partial charge in [0, 0.05) is 18.4 Å². The summed E-state index contributed by atoms with van der Waals surface area (Å²) in [5, 5.41) is 0. The number of esters is 1. The van der Waals surface area contributed by atoms with Gasteiger partial charge in [0.25, 0.3) is 0 Å². The van der Waals surface area contributed by atoms with Crippen molar-refractivity contribution in [3.05, 3.63) is 58.2 Å². The second kappa shape index (κ2) is 7.09. The number of halogens is 3. The number of carbonyl (C=O) groups is 2. The van der Waals surface area contributed by atoms with Gasteiger partial charge in [0.1, 0.15) is 11.3 Å². The van der Waals surface area contributed by atoms with Crippen LogP contribution in [-0.4, -0.2) is 18.4 Å². The highest BCUT2D eigenvalue weighted by Crippen LogP contribution is 2.44. The van der Waals surface area contributed by atoms with E-state index in [2.05, 4.69) is 0 Å². The molecule has 0 spiro atoms. The lowest BCUT2D eigenvalue weighted by molar-refractivity contribution is -0.139. The van der Waals surface area contributed by atoms with E-state index in [0.717, 1.165) is 12.1 Å². The van der Waals surface area contributed by atoms with Gasteiger partial charge in [-0.25, -0.2) is 4.79 Å². The van der Waals surface area contributed by atoms with Crippen LogP contribution in [0.25, 0.3) is 0 Å². The second-order valence-corrected chi connectivity index (χ2v) is 6.27. The molecule has 1 aromatic carbocycles. The Morgan fingerprint density at radius 2 is 1.93 bits per heavy atom. The molecule has 1 aliphatic carbocycles. The second-order valence-electron chi connectivity index (χ2n) is 6.27. The largest absolute Gasteiger partial charge is 0.462 e. The zero-order valence-electron chi connectivity index (χ0n) is 14.6. The first-order valence-corrected chi connectivity index (χ1v) is 8.52. The smallest absolute Gasteiger partial charge is 0.416 e. The first-order chi connectivity index (χ1) is 12.7. The fourth-order valence-electron chi connectivity index (χ4n) is 3.36. The minimum atomic E-state index is -4.49. The van der Waals surface area contributed by atoms with Crippen molar-refractivity contribution in [2.45, 2.75) is 38.3 Å². The number of hydrogen-bond donors (Lipinski definition) is 1. The molecule has 2 aliphatic rings. The van der Waals surface area contributed by atoms with Crippen molar-refractivity contribution < 1.29 is 32.2 Å². The number of Topliss-reactive ketones (excluding diaryl/α,β-unsaturated/α-hetero) is 1. The van der Waals surface area contributed by atoms with E-state index in [9.17, 15) is 22.8 Å². The van der Waals surface area contributed by atoms with Crippen molar-refractivity contribution in [1.29, 1.82) is 0 Å². The number of ketones is 1. The van der Waals surface area contributed by atoms with Crippen LogP contribution in [0, 0.1) is 0 Å². The van der Waals surface area contributed by atoms with Gasteiger partial charge in [0.2, 0.25) is 5.88 Å². The molecule has 0 saturated carbocycles. The van der Waals surface area contributed by atoms with Gasteiger partial charge in [-0.2, -0.15) is 13.2 Å². The lowest BCUT2D eigenvalue weighted by atomic mass is 9.77. The number of benzene rings is 1. The van der Waals surface area contributed by atoms with Gasteiger partial charge in [-0.3, -0.25) is 4.79 Å². The monoisotopic (exact) mass is 381 g/mol. The third-order valence-electron chi connectivity index (χ3n) is 4.55. The molecule has 1 aromatic rings. The average molecular weight is 381 g/mol. The van der Waals surface area contributed by atoms with E-state index in [1.165, 1.54) is 12.1 Å². The Morgan fingerprint density at radius 1 is 1.26 bits per heavy atom. The molecule has 2 N–H and O–H groups in total. The first kappa shape index (κ1) is 19.0. The molecular weight excluding hydrogens is 363 g/mol. The highest BCUT2D eigenvalue weighted by Gasteiger charge is 2.41. The summed E-state index contributed by atoms with van der Waals surface area (Å²) in [6, 6.07) is 4.32. The number of allylic oxidation sites excluding steroid dienone is 2. The van der Waals surface area contributed by atoms with Gasteiger partial charge in [-0.05, 0) is 31.0 Å². The van der Waals surface area contributed by atoms with Gasteiger partial charge in [-0.1, -0.05) is 12.1 Å². The topological polar surface area (TPSA) is 78.6 Å². The standard InChI is InChI=1S/C19H18F3NO4/c1-2-26-18(25)16-14(10-6-8-11(9-7-10)19(20,21)22)15-12(24)4-3-5-13(15)27-17(16)23/h6-9,14H,2-5,23H2,1H3/t14-/m0/s1. The van der Waals surface area contributed by atoms with Crippen LogP contribution in [0.5, 0.6) is 0 Å². The Bertz CT molecular complexity index is 838. The van der Waals surface area contributed by atoms with Gasteiger partial charge in [0.05, 0.1) is 18.1 Å². The molecule has 0 radical (unpaired) electrons. The van der Waals surface area contributed by atoms with Crippen LogP contribution in [0.3, 0.4) is 0 Å². The molecule has 5 nitrogen and oxygen atoms in total. The van der Waals surface area contributed by atoms with E-state index in [0.29, 0.717) is 24.2 Å². The number of alkyl halides is 3. The van der Waals surface area contributed by atoms with E-state index in [4.69, 9.17) is 15.2 Å².